The molecular weight excluding hydrogens is 212 g/mol. The number of allylic oxidation sites excluding steroid dienone is 3. The lowest BCUT2D eigenvalue weighted by atomic mass is 9.79. The summed E-state index contributed by atoms with van der Waals surface area (Å²) in [4.78, 5) is 11.3. The summed E-state index contributed by atoms with van der Waals surface area (Å²) in [6.45, 7) is 6.65. The first-order valence-electron chi connectivity index (χ1n) is 6.60. The number of carbonyl (C=O) groups is 1. The molecule has 0 radical (unpaired) electrons. The van der Waals surface area contributed by atoms with Crippen LogP contribution in [0.5, 0.6) is 0 Å². The number of aliphatic carboxylic acids is 1. The minimum atomic E-state index is -0.715. The van der Waals surface area contributed by atoms with Crippen molar-refractivity contribution in [1.29, 1.82) is 0 Å². The summed E-state index contributed by atoms with van der Waals surface area (Å²) in [5, 5.41) is 9.33. The molecule has 0 bridgehead atoms. The highest BCUT2D eigenvalue weighted by atomic mass is 16.4. The molecule has 2 aliphatic carbocycles. The van der Waals surface area contributed by atoms with E-state index in [2.05, 4.69) is 26.8 Å². The molecule has 0 heterocycles. The van der Waals surface area contributed by atoms with E-state index < -0.39 is 5.97 Å². The molecule has 0 fully saturated rings. The molecule has 17 heavy (non-hydrogen) atoms. The van der Waals surface area contributed by atoms with Gasteiger partial charge in [0.2, 0.25) is 0 Å². The number of hydrogen-bond acceptors (Lipinski definition) is 1. The van der Waals surface area contributed by atoms with E-state index in [9.17, 15) is 9.90 Å². The Morgan fingerprint density at radius 1 is 1.29 bits per heavy atom. The lowest BCUT2D eigenvalue weighted by Crippen LogP contribution is -2.19. The van der Waals surface area contributed by atoms with Crippen LogP contribution >= 0.6 is 0 Å². The summed E-state index contributed by atoms with van der Waals surface area (Å²) in [6, 6.07) is 0. The van der Waals surface area contributed by atoms with Crippen molar-refractivity contribution in [2.24, 2.45) is 23.7 Å². The highest BCUT2D eigenvalue weighted by molar-refractivity contribution is 5.87. The zero-order chi connectivity index (χ0) is 12.6. The number of fused-ring (bicyclic) bond motifs is 1. The normalized spacial score (nSPS) is 32.8. The predicted molar refractivity (Wildman–Crippen MR) is 68.6 cm³/mol. The zero-order valence-corrected chi connectivity index (χ0v) is 10.9. The molecule has 0 aromatic rings. The van der Waals surface area contributed by atoms with Crippen molar-refractivity contribution >= 4 is 5.97 Å². The van der Waals surface area contributed by atoms with Crippen LogP contribution in [0.1, 0.15) is 40.0 Å². The molecule has 2 aliphatic rings. The Hall–Kier alpha value is -1.05. The van der Waals surface area contributed by atoms with E-state index >= 15 is 0 Å². The molecule has 1 N–H and O–H groups in total. The van der Waals surface area contributed by atoms with Crippen LogP contribution in [0.25, 0.3) is 0 Å². The summed E-state index contributed by atoms with van der Waals surface area (Å²) in [7, 11) is 0. The van der Waals surface area contributed by atoms with Gasteiger partial charge in [-0.05, 0) is 43.9 Å². The molecule has 0 spiro atoms. The smallest absolute Gasteiger partial charge is 0.331 e. The fourth-order valence-electron chi connectivity index (χ4n) is 3.28. The molecule has 2 rings (SSSR count). The highest BCUT2D eigenvalue weighted by Crippen LogP contribution is 2.44. The molecule has 0 aromatic carbocycles. The lowest BCUT2D eigenvalue weighted by molar-refractivity contribution is -0.133. The van der Waals surface area contributed by atoms with Crippen molar-refractivity contribution in [3.05, 3.63) is 23.3 Å². The summed E-state index contributed by atoms with van der Waals surface area (Å²) in [6.07, 6.45) is 7.22. The largest absolute Gasteiger partial charge is 0.478 e. The van der Waals surface area contributed by atoms with Crippen LogP contribution in [0.15, 0.2) is 23.3 Å². The Kier molecular flexibility index (Phi) is 3.41. The van der Waals surface area contributed by atoms with Crippen molar-refractivity contribution in [1.82, 2.24) is 0 Å². The van der Waals surface area contributed by atoms with E-state index in [0.29, 0.717) is 23.3 Å². The molecule has 0 saturated carbocycles. The van der Waals surface area contributed by atoms with E-state index in [4.69, 9.17) is 0 Å². The number of carboxylic acids is 1. The third-order valence-corrected chi connectivity index (χ3v) is 4.55. The van der Waals surface area contributed by atoms with E-state index in [1.54, 1.807) is 0 Å². The monoisotopic (exact) mass is 234 g/mol. The van der Waals surface area contributed by atoms with Gasteiger partial charge in [0.25, 0.3) is 0 Å². The standard InChI is InChI=1S/C15H22O2/c1-9(2)11-5-7-13(15(16)17)12-6-4-10(3)14(12)8-11/h4,7,9,11-12,14H,5-6,8H2,1-3H3,(H,16,17). The number of carboxylic acid groups (broad SMARTS) is 1. The van der Waals surface area contributed by atoms with Crippen LogP contribution in [-0.2, 0) is 4.79 Å². The van der Waals surface area contributed by atoms with Gasteiger partial charge >= 0.3 is 5.97 Å². The van der Waals surface area contributed by atoms with Crippen LogP contribution in [0, 0.1) is 23.7 Å². The molecule has 2 nitrogen and oxygen atoms in total. The topological polar surface area (TPSA) is 37.3 Å². The second-order valence-electron chi connectivity index (χ2n) is 5.84. The van der Waals surface area contributed by atoms with Crippen molar-refractivity contribution < 1.29 is 9.90 Å². The first-order valence-corrected chi connectivity index (χ1v) is 6.60. The Morgan fingerprint density at radius 2 is 2.00 bits per heavy atom. The van der Waals surface area contributed by atoms with Crippen molar-refractivity contribution in [3.63, 3.8) is 0 Å². The van der Waals surface area contributed by atoms with Gasteiger partial charge in [-0.1, -0.05) is 31.6 Å². The number of hydrogen-bond donors (Lipinski definition) is 1. The van der Waals surface area contributed by atoms with E-state index in [0.717, 1.165) is 19.3 Å². The molecule has 3 unspecified atom stereocenters. The van der Waals surface area contributed by atoms with Crippen LogP contribution in [0.3, 0.4) is 0 Å². The Morgan fingerprint density at radius 3 is 2.59 bits per heavy atom. The molecule has 0 saturated heterocycles. The van der Waals surface area contributed by atoms with Crippen LogP contribution in [-0.4, -0.2) is 11.1 Å². The average Bonchev–Trinajstić information content (AvgIpc) is 2.51. The minimum absolute atomic E-state index is 0.233. The van der Waals surface area contributed by atoms with Crippen molar-refractivity contribution in [2.75, 3.05) is 0 Å². The number of rotatable bonds is 2. The van der Waals surface area contributed by atoms with Gasteiger partial charge in [-0.3, -0.25) is 0 Å². The van der Waals surface area contributed by atoms with Crippen LogP contribution in [0.4, 0.5) is 0 Å². The summed E-state index contributed by atoms with van der Waals surface area (Å²) >= 11 is 0. The minimum Gasteiger partial charge on any atom is -0.478 e. The van der Waals surface area contributed by atoms with Gasteiger partial charge in [-0.25, -0.2) is 4.79 Å². The maximum Gasteiger partial charge on any atom is 0.331 e. The summed E-state index contributed by atoms with van der Waals surface area (Å²) in [5.41, 5.74) is 2.06. The zero-order valence-electron chi connectivity index (χ0n) is 10.9. The van der Waals surface area contributed by atoms with Gasteiger partial charge in [0.1, 0.15) is 0 Å². The maximum absolute atomic E-state index is 11.3. The fourth-order valence-corrected chi connectivity index (χ4v) is 3.28. The molecule has 94 valence electrons. The highest BCUT2D eigenvalue weighted by Gasteiger charge is 2.37. The van der Waals surface area contributed by atoms with Gasteiger partial charge in [-0.15, -0.1) is 0 Å². The first-order chi connectivity index (χ1) is 8.00. The average molecular weight is 234 g/mol. The summed E-state index contributed by atoms with van der Waals surface area (Å²) in [5.74, 6) is 1.24. The Labute approximate surface area is 103 Å². The van der Waals surface area contributed by atoms with Gasteiger partial charge in [-0.2, -0.15) is 0 Å². The van der Waals surface area contributed by atoms with E-state index in [1.165, 1.54) is 5.57 Å². The SMILES string of the molecule is CC1=CCC2C(C(=O)O)=CCC(C(C)C)CC12. The van der Waals surface area contributed by atoms with Gasteiger partial charge in [0.05, 0.1) is 0 Å². The summed E-state index contributed by atoms with van der Waals surface area (Å²) < 4.78 is 0. The molecule has 0 aliphatic heterocycles. The van der Waals surface area contributed by atoms with Gasteiger partial charge in [0, 0.05) is 11.5 Å². The predicted octanol–water partition coefficient (Wildman–Crippen LogP) is 3.65. The van der Waals surface area contributed by atoms with Crippen molar-refractivity contribution in [2.45, 2.75) is 40.0 Å². The molecular formula is C15H22O2. The maximum atomic E-state index is 11.3. The third-order valence-electron chi connectivity index (χ3n) is 4.55. The van der Waals surface area contributed by atoms with E-state index in [1.807, 2.05) is 6.08 Å². The second kappa shape index (κ2) is 4.67. The molecule has 3 atom stereocenters. The van der Waals surface area contributed by atoms with Crippen molar-refractivity contribution in [3.8, 4) is 0 Å². The quantitative estimate of drug-likeness (QED) is 0.740. The fraction of sp³-hybridized carbons (Fsp3) is 0.667. The lowest BCUT2D eigenvalue weighted by Gasteiger charge is -2.25. The first kappa shape index (κ1) is 12.4. The van der Waals surface area contributed by atoms with Crippen LogP contribution < -0.4 is 0 Å². The Balaban J connectivity index is 2.29. The van der Waals surface area contributed by atoms with Gasteiger partial charge in [0.15, 0.2) is 0 Å². The van der Waals surface area contributed by atoms with Crippen LogP contribution in [0.2, 0.25) is 0 Å². The Bertz CT molecular complexity index is 376. The molecule has 0 aromatic heterocycles. The van der Waals surface area contributed by atoms with Gasteiger partial charge < -0.3 is 5.11 Å². The molecule has 0 amide bonds. The van der Waals surface area contributed by atoms with E-state index in [-0.39, 0.29) is 5.92 Å². The third kappa shape index (κ3) is 2.31. The second-order valence-corrected chi connectivity index (χ2v) is 5.84. The molecule has 2 heteroatoms.